The molecule has 1 rings (SSSR count). The van der Waals surface area contributed by atoms with Gasteiger partial charge >= 0.3 is 6.18 Å². The van der Waals surface area contributed by atoms with E-state index in [1.165, 1.54) is 0 Å². The maximum absolute atomic E-state index is 12.0. The van der Waals surface area contributed by atoms with Gasteiger partial charge in [-0.2, -0.15) is 13.2 Å². The second-order valence-electron chi connectivity index (χ2n) is 3.76. The van der Waals surface area contributed by atoms with Gasteiger partial charge in [0.25, 0.3) is 0 Å². The fourth-order valence-corrected chi connectivity index (χ4v) is 2.85. The molecule has 1 heterocycles. The van der Waals surface area contributed by atoms with Gasteiger partial charge in [0.2, 0.25) is 10.0 Å². The van der Waals surface area contributed by atoms with Gasteiger partial charge in [0.15, 0.2) is 6.10 Å². The number of sulfonamides is 1. The number of nitrogens with one attached hydrogen (secondary N) is 1. The molecule has 0 aromatic carbocycles. The van der Waals surface area contributed by atoms with Gasteiger partial charge in [-0.1, -0.05) is 0 Å². The lowest BCUT2D eigenvalue weighted by Gasteiger charge is -2.23. The molecule has 0 aromatic rings. The van der Waals surface area contributed by atoms with Crippen molar-refractivity contribution in [3.05, 3.63) is 0 Å². The topological polar surface area (TPSA) is 75.6 Å². The number of aliphatic hydroxyl groups excluding tert-OH is 1. The lowest BCUT2D eigenvalue weighted by Crippen LogP contribution is -2.45. The third-order valence-electron chi connectivity index (χ3n) is 2.46. The number of hydrogen-bond donors (Lipinski definition) is 2. The third kappa shape index (κ3) is 4.41. The predicted molar refractivity (Wildman–Crippen MR) is 52.8 cm³/mol. The van der Waals surface area contributed by atoms with Crippen molar-refractivity contribution >= 4 is 10.0 Å². The molecule has 17 heavy (non-hydrogen) atoms. The molecule has 1 atom stereocenters. The smallest absolute Gasteiger partial charge is 0.382 e. The Kier molecular flexibility index (Phi) is 4.76. The summed E-state index contributed by atoms with van der Waals surface area (Å²) in [5.41, 5.74) is 0. The van der Waals surface area contributed by atoms with Gasteiger partial charge in [0.1, 0.15) is 0 Å². The molecule has 1 aliphatic heterocycles. The lowest BCUT2D eigenvalue weighted by molar-refractivity contribution is -0.200. The van der Waals surface area contributed by atoms with E-state index < -0.39 is 34.1 Å². The van der Waals surface area contributed by atoms with Crippen LogP contribution in [0.5, 0.6) is 0 Å². The van der Waals surface area contributed by atoms with E-state index in [1.807, 2.05) is 0 Å². The van der Waals surface area contributed by atoms with E-state index in [-0.39, 0.29) is 26.1 Å². The fraction of sp³-hybridized carbons (Fsp3) is 1.00. The van der Waals surface area contributed by atoms with Crippen LogP contribution in [0.25, 0.3) is 0 Å². The van der Waals surface area contributed by atoms with Crippen LogP contribution in [0.1, 0.15) is 12.8 Å². The summed E-state index contributed by atoms with van der Waals surface area (Å²) in [6.07, 6.45) is -7.01. The molecule has 102 valence electrons. The Morgan fingerprint density at radius 1 is 1.35 bits per heavy atom. The van der Waals surface area contributed by atoms with Crippen LogP contribution in [0.3, 0.4) is 0 Å². The minimum Gasteiger partial charge on any atom is -0.382 e. The van der Waals surface area contributed by atoms with Gasteiger partial charge < -0.3 is 9.84 Å². The Hall–Kier alpha value is -0.380. The lowest BCUT2D eigenvalue weighted by atomic mass is 10.2. The van der Waals surface area contributed by atoms with Crippen LogP contribution >= 0.6 is 0 Å². The van der Waals surface area contributed by atoms with Crippen molar-refractivity contribution in [3.8, 4) is 0 Å². The maximum Gasteiger partial charge on any atom is 0.415 e. The molecule has 1 aliphatic rings. The molecule has 0 radical (unpaired) electrons. The molecule has 9 heteroatoms. The van der Waals surface area contributed by atoms with Gasteiger partial charge in [0.05, 0.1) is 5.25 Å². The third-order valence-corrected chi connectivity index (χ3v) is 4.38. The highest BCUT2D eigenvalue weighted by Gasteiger charge is 2.39. The second kappa shape index (κ2) is 5.51. The zero-order valence-corrected chi connectivity index (χ0v) is 9.72. The van der Waals surface area contributed by atoms with Crippen molar-refractivity contribution in [3.63, 3.8) is 0 Å². The number of halogens is 3. The van der Waals surface area contributed by atoms with Gasteiger partial charge in [-0.3, -0.25) is 0 Å². The van der Waals surface area contributed by atoms with E-state index in [0.717, 1.165) is 0 Å². The minimum atomic E-state index is -4.82. The molecular weight excluding hydrogens is 263 g/mol. The maximum atomic E-state index is 12.0. The van der Waals surface area contributed by atoms with Crippen LogP contribution in [-0.2, 0) is 14.8 Å². The van der Waals surface area contributed by atoms with Crippen LogP contribution in [0.2, 0.25) is 0 Å². The van der Waals surface area contributed by atoms with E-state index in [0.29, 0.717) is 0 Å². The molecule has 1 fully saturated rings. The second-order valence-corrected chi connectivity index (χ2v) is 5.81. The van der Waals surface area contributed by atoms with Crippen LogP contribution in [0.4, 0.5) is 13.2 Å². The highest BCUT2D eigenvalue weighted by Crippen LogP contribution is 2.20. The summed E-state index contributed by atoms with van der Waals surface area (Å²) in [6, 6.07) is 0. The van der Waals surface area contributed by atoms with E-state index in [9.17, 15) is 21.6 Å². The normalized spacial score (nSPS) is 21.4. The summed E-state index contributed by atoms with van der Waals surface area (Å²) in [5, 5.41) is 7.92. The molecule has 0 aromatic heterocycles. The van der Waals surface area contributed by atoms with Crippen LogP contribution in [-0.4, -0.2) is 50.8 Å². The zero-order valence-electron chi connectivity index (χ0n) is 8.90. The Morgan fingerprint density at radius 2 is 1.88 bits per heavy atom. The van der Waals surface area contributed by atoms with E-state index >= 15 is 0 Å². The summed E-state index contributed by atoms with van der Waals surface area (Å²) in [6.45, 7) is -0.510. The number of rotatable bonds is 4. The van der Waals surface area contributed by atoms with E-state index in [1.54, 1.807) is 4.72 Å². The predicted octanol–water partition coefficient (Wildman–Crippen LogP) is 0.00800. The quantitative estimate of drug-likeness (QED) is 0.759. The van der Waals surface area contributed by atoms with Gasteiger partial charge in [-0.15, -0.1) is 0 Å². The number of aliphatic hydroxyl groups is 1. The largest absolute Gasteiger partial charge is 0.415 e. The monoisotopic (exact) mass is 277 g/mol. The fourth-order valence-electron chi connectivity index (χ4n) is 1.41. The highest BCUT2D eigenvalue weighted by atomic mass is 32.2. The van der Waals surface area contributed by atoms with Gasteiger partial charge in [-0.25, -0.2) is 13.1 Å². The number of ether oxygens (including phenoxy) is 1. The summed E-state index contributed by atoms with van der Waals surface area (Å²) in [5.74, 6) is 0. The molecule has 0 saturated carbocycles. The first-order valence-corrected chi connectivity index (χ1v) is 6.59. The molecular formula is C8H14F3NO4S. The Labute approximate surface area is 97.0 Å². The molecule has 0 bridgehead atoms. The Balaban J connectivity index is 2.49. The Bertz CT molecular complexity index is 337. The van der Waals surface area contributed by atoms with Crippen molar-refractivity contribution in [1.29, 1.82) is 0 Å². The van der Waals surface area contributed by atoms with Crippen molar-refractivity contribution in [2.45, 2.75) is 30.4 Å². The van der Waals surface area contributed by atoms with E-state index in [2.05, 4.69) is 0 Å². The van der Waals surface area contributed by atoms with Gasteiger partial charge in [0, 0.05) is 19.8 Å². The minimum absolute atomic E-state index is 0.247. The molecule has 0 aliphatic carbocycles. The first-order valence-electron chi connectivity index (χ1n) is 5.04. The molecule has 2 N–H and O–H groups in total. The summed E-state index contributed by atoms with van der Waals surface area (Å²) >= 11 is 0. The summed E-state index contributed by atoms with van der Waals surface area (Å²) in [7, 11) is -3.83. The molecule has 1 saturated heterocycles. The Morgan fingerprint density at radius 3 is 2.35 bits per heavy atom. The number of hydrogen-bond acceptors (Lipinski definition) is 4. The summed E-state index contributed by atoms with van der Waals surface area (Å²) < 4.78 is 65.8. The number of alkyl halides is 3. The van der Waals surface area contributed by atoms with Gasteiger partial charge in [-0.05, 0) is 12.8 Å². The SMILES string of the molecule is O=S(=O)(NCC(O)C(F)(F)F)C1CCOCC1. The van der Waals surface area contributed by atoms with Crippen LogP contribution < -0.4 is 4.72 Å². The van der Waals surface area contributed by atoms with Crippen molar-refractivity contribution in [2.75, 3.05) is 19.8 Å². The van der Waals surface area contributed by atoms with Crippen molar-refractivity contribution in [1.82, 2.24) is 4.72 Å². The average molecular weight is 277 g/mol. The van der Waals surface area contributed by atoms with Crippen molar-refractivity contribution < 1.29 is 31.4 Å². The zero-order chi connectivity index (χ0) is 13.1. The standard InChI is InChI=1S/C8H14F3NO4S/c9-8(10,11)7(13)5-12-17(14,15)6-1-3-16-4-2-6/h6-7,12-13H,1-5H2. The molecule has 0 amide bonds. The van der Waals surface area contributed by atoms with E-state index in [4.69, 9.17) is 9.84 Å². The first-order chi connectivity index (χ1) is 7.73. The highest BCUT2D eigenvalue weighted by molar-refractivity contribution is 7.90. The van der Waals surface area contributed by atoms with Crippen LogP contribution in [0.15, 0.2) is 0 Å². The molecule has 5 nitrogen and oxygen atoms in total. The molecule has 1 unspecified atom stereocenters. The van der Waals surface area contributed by atoms with Crippen molar-refractivity contribution in [2.24, 2.45) is 0 Å². The molecule has 0 spiro atoms. The van der Waals surface area contributed by atoms with Crippen LogP contribution in [0, 0.1) is 0 Å². The average Bonchev–Trinajstić information content (AvgIpc) is 2.26. The first kappa shape index (κ1) is 14.7. The summed E-state index contributed by atoms with van der Waals surface area (Å²) in [4.78, 5) is 0.